The molecule has 1 aromatic heterocycles. The molecule has 2 amide bonds. The minimum absolute atomic E-state index is 0.0731. The van der Waals surface area contributed by atoms with E-state index in [1.165, 1.54) is 17.2 Å². The van der Waals surface area contributed by atoms with Gasteiger partial charge in [0.25, 0.3) is 11.1 Å². The molecule has 31 heavy (non-hydrogen) atoms. The van der Waals surface area contributed by atoms with E-state index in [1.54, 1.807) is 24.3 Å². The monoisotopic (exact) mass is 434 g/mol. The zero-order chi connectivity index (χ0) is 22.3. The molecule has 0 atom stereocenters. The summed E-state index contributed by atoms with van der Waals surface area (Å²) in [5.74, 6) is -0.822. The molecular weight excluding hydrogens is 411 g/mol. The number of carbonyl (C=O) groups excluding carboxylic acids is 2. The Morgan fingerprint density at radius 3 is 2.42 bits per heavy atom. The molecule has 2 heterocycles. The molecule has 158 valence electrons. The molecule has 3 aromatic rings. The van der Waals surface area contributed by atoms with Gasteiger partial charge in [0.15, 0.2) is 0 Å². The number of aryl methyl sites for hydroxylation is 3. The molecule has 4 rings (SSSR count). The van der Waals surface area contributed by atoms with Gasteiger partial charge in [0, 0.05) is 22.6 Å². The maximum atomic E-state index is 14.0. The number of aromatic nitrogens is 1. The molecule has 1 saturated heterocycles. The van der Waals surface area contributed by atoms with Gasteiger partial charge in [0.05, 0.1) is 11.4 Å². The van der Waals surface area contributed by atoms with Gasteiger partial charge in [-0.15, -0.1) is 0 Å². The Morgan fingerprint density at radius 1 is 0.968 bits per heavy atom. The molecule has 1 aliphatic rings. The third-order valence-corrected chi connectivity index (χ3v) is 6.57. The van der Waals surface area contributed by atoms with Gasteiger partial charge in [-0.25, -0.2) is 4.39 Å². The first-order valence-electron chi connectivity index (χ1n) is 10.0. The van der Waals surface area contributed by atoms with Crippen LogP contribution in [0.5, 0.6) is 0 Å². The van der Waals surface area contributed by atoms with Crippen molar-refractivity contribution in [1.82, 2.24) is 9.47 Å². The Kier molecular flexibility index (Phi) is 5.58. The molecule has 0 saturated carbocycles. The molecule has 6 heteroatoms. The minimum Gasteiger partial charge on any atom is -0.318 e. The summed E-state index contributed by atoms with van der Waals surface area (Å²) in [5, 5.41) is -0.387. The second-order valence-corrected chi connectivity index (χ2v) is 8.78. The van der Waals surface area contributed by atoms with Gasteiger partial charge < -0.3 is 4.57 Å². The second-order valence-electron chi connectivity index (χ2n) is 7.79. The molecular formula is C25H23FN2O2S. The Labute approximate surface area is 185 Å². The number of rotatable bonds is 4. The van der Waals surface area contributed by atoms with Crippen LogP contribution in [0.25, 0.3) is 11.8 Å². The van der Waals surface area contributed by atoms with Crippen molar-refractivity contribution in [3.63, 3.8) is 0 Å². The van der Waals surface area contributed by atoms with Gasteiger partial charge in [-0.1, -0.05) is 24.3 Å². The Bertz CT molecular complexity index is 1240. The predicted octanol–water partition coefficient (Wildman–Crippen LogP) is 6.09. The summed E-state index contributed by atoms with van der Waals surface area (Å²) in [6, 6.07) is 14.5. The zero-order valence-corrected chi connectivity index (χ0v) is 18.7. The van der Waals surface area contributed by atoms with Crippen LogP contribution >= 0.6 is 11.8 Å². The van der Waals surface area contributed by atoms with Crippen molar-refractivity contribution in [3.05, 3.63) is 92.9 Å². The highest BCUT2D eigenvalue weighted by Gasteiger charge is 2.35. The van der Waals surface area contributed by atoms with Crippen LogP contribution in [0.15, 0.2) is 53.4 Å². The number of halogens is 1. The first kappa shape index (κ1) is 21.1. The topological polar surface area (TPSA) is 42.3 Å². The maximum absolute atomic E-state index is 14.0. The van der Waals surface area contributed by atoms with E-state index < -0.39 is 11.7 Å². The standard InChI is InChI=1S/C25H23FN2O2S/c1-15-9-10-21(11-16(15)2)28-17(3)12-20(18(28)4)13-23-24(29)27(25(30)31-23)14-19-7-5-6-8-22(19)26/h5-13H,14H2,1-4H3/b23-13-. The van der Waals surface area contributed by atoms with E-state index in [1.807, 2.05) is 19.9 Å². The average Bonchev–Trinajstić information content (AvgIpc) is 3.15. The van der Waals surface area contributed by atoms with Gasteiger partial charge >= 0.3 is 0 Å². The highest BCUT2D eigenvalue weighted by molar-refractivity contribution is 8.18. The lowest BCUT2D eigenvalue weighted by molar-refractivity contribution is -0.123. The van der Waals surface area contributed by atoms with E-state index in [-0.39, 0.29) is 11.8 Å². The third kappa shape index (κ3) is 3.95. The first-order valence-corrected chi connectivity index (χ1v) is 10.8. The number of carbonyl (C=O) groups is 2. The Hall–Kier alpha value is -3.12. The minimum atomic E-state index is -0.428. The fraction of sp³-hybridized carbons (Fsp3) is 0.200. The fourth-order valence-corrected chi connectivity index (χ4v) is 4.60. The molecule has 0 N–H and O–H groups in total. The largest absolute Gasteiger partial charge is 0.318 e. The van der Waals surface area contributed by atoms with Gasteiger partial charge in [-0.2, -0.15) is 0 Å². The number of amides is 2. The average molecular weight is 435 g/mol. The van der Waals surface area contributed by atoms with E-state index in [0.717, 1.165) is 39.3 Å². The molecule has 0 radical (unpaired) electrons. The summed E-state index contributed by atoms with van der Waals surface area (Å²) in [6.45, 7) is 8.11. The second kappa shape index (κ2) is 8.19. The van der Waals surface area contributed by atoms with Crippen LogP contribution in [-0.4, -0.2) is 20.6 Å². The smallest absolute Gasteiger partial charge is 0.293 e. The fourth-order valence-electron chi connectivity index (χ4n) is 3.77. The molecule has 0 bridgehead atoms. The Morgan fingerprint density at radius 2 is 1.71 bits per heavy atom. The van der Waals surface area contributed by atoms with E-state index in [0.29, 0.717) is 10.5 Å². The van der Waals surface area contributed by atoms with Crippen molar-refractivity contribution in [3.8, 4) is 5.69 Å². The third-order valence-electron chi connectivity index (χ3n) is 5.67. The van der Waals surface area contributed by atoms with Crippen molar-refractivity contribution in [2.75, 3.05) is 0 Å². The van der Waals surface area contributed by atoms with Crippen LogP contribution in [0.3, 0.4) is 0 Å². The molecule has 1 fully saturated rings. The molecule has 0 spiro atoms. The maximum Gasteiger partial charge on any atom is 0.293 e. The Balaban J connectivity index is 1.65. The van der Waals surface area contributed by atoms with Gasteiger partial charge in [0.1, 0.15) is 5.82 Å². The van der Waals surface area contributed by atoms with E-state index in [2.05, 4.69) is 36.6 Å². The summed E-state index contributed by atoms with van der Waals surface area (Å²) < 4.78 is 16.1. The number of nitrogens with zero attached hydrogens (tertiary/aromatic N) is 2. The molecule has 2 aromatic carbocycles. The summed E-state index contributed by atoms with van der Waals surface area (Å²) in [7, 11) is 0. The highest BCUT2D eigenvalue weighted by Crippen LogP contribution is 2.35. The normalized spacial score (nSPS) is 15.4. The first-order chi connectivity index (χ1) is 14.8. The van der Waals surface area contributed by atoms with Crippen molar-refractivity contribution in [2.24, 2.45) is 0 Å². The quantitative estimate of drug-likeness (QED) is 0.467. The molecule has 0 unspecified atom stereocenters. The number of benzene rings is 2. The van der Waals surface area contributed by atoms with Crippen molar-refractivity contribution in [2.45, 2.75) is 34.2 Å². The summed E-state index contributed by atoms with van der Waals surface area (Å²) in [5.41, 5.74) is 6.73. The lowest BCUT2D eigenvalue weighted by atomic mass is 10.1. The van der Waals surface area contributed by atoms with E-state index >= 15 is 0 Å². The number of hydrogen-bond acceptors (Lipinski definition) is 3. The summed E-state index contributed by atoms with van der Waals surface area (Å²) >= 11 is 0.893. The van der Waals surface area contributed by atoms with E-state index in [9.17, 15) is 14.0 Å². The van der Waals surface area contributed by atoms with Gasteiger partial charge in [-0.3, -0.25) is 14.5 Å². The van der Waals surface area contributed by atoms with Crippen LogP contribution < -0.4 is 0 Å². The predicted molar refractivity (Wildman–Crippen MR) is 123 cm³/mol. The molecule has 1 aliphatic heterocycles. The van der Waals surface area contributed by atoms with E-state index in [4.69, 9.17) is 0 Å². The lowest BCUT2D eigenvalue weighted by Crippen LogP contribution is -2.27. The number of thioether (sulfide) groups is 1. The summed E-state index contributed by atoms with van der Waals surface area (Å²) in [4.78, 5) is 26.8. The molecule has 4 nitrogen and oxygen atoms in total. The van der Waals surface area contributed by atoms with Crippen molar-refractivity contribution >= 4 is 29.0 Å². The number of hydrogen-bond donors (Lipinski definition) is 0. The van der Waals surface area contributed by atoms with Crippen LogP contribution in [0.4, 0.5) is 9.18 Å². The van der Waals surface area contributed by atoms with Crippen LogP contribution in [0.2, 0.25) is 0 Å². The van der Waals surface area contributed by atoms with Gasteiger partial charge in [0.2, 0.25) is 0 Å². The van der Waals surface area contributed by atoms with Crippen molar-refractivity contribution < 1.29 is 14.0 Å². The number of imide groups is 1. The van der Waals surface area contributed by atoms with Gasteiger partial charge in [-0.05, 0) is 86.5 Å². The lowest BCUT2D eigenvalue weighted by Gasteiger charge is -2.13. The van der Waals surface area contributed by atoms with Crippen LogP contribution in [0, 0.1) is 33.5 Å². The molecule has 0 aliphatic carbocycles. The summed E-state index contributed by atoms with van der Waals surface area (Å²) in [6.07, 6.45) is 1.76. The van der Waals surface area contributed by atoms with Crippen molar-refractivity contribution in [1.29, 1.82) is 0 Å². The van der Waals surface area contributed by atoms with Crippen LogP contribution in [0.1, 0.15) is 33.6 Å². The van der Waals surface area contributed by atoms with Crippen LogP contribution in [-0.2, 0) is 11.3 Å². The SMILES string of the molecule is Cc1ccc(-n2c(C)cc(/C=C3\SC(=O)N(Cc4ccccc4F)C3=O)c2C)cc1C. The highest BCUT2D eigenvalue weighted by atomic mass is 32.2. The zero-order valence-electron chi connectivity index (χ0n) is 17.9.